The first kappa shape index (κ1) is 15.9. The van der Waals surface area contributed by atoms with Crippen LogP contribution in [-0.2, 0) is 0 Å². The number of benzene rings is 1. The van der Waals surface area contributed by atoms with Gasteiger partial charge in [-0.1, -0.05) is 11.6 Å². The van der Waals surface area contributed by atoms with Gasteiger partial charge in [0.2, 0.25) is 0 Å². The minimum absolute atomic E-state index is 0.664. The van der Waals surface area contributed by atoms with Crippen LogP contribution in [-0.4, -0.2) is 50.3 Å². The number of hydrogen-bond acceptors (Lipinski definition) is 4. The van der Waals surface area contributed by atoms with Crippen molar-refractivity contribution in [1.29, 1.82) is 0 Å². The van der Waals surface area contributed by atoms with Crippen LogP contribution in [0.25, 0.3) is 0 Å². The van der Waals surface area contributed by atoms with E-state index in [1.54, 1.807) is 7.11 Å². The molecule has 2 N–H and O–H groups in total. The maximum Gasteiger partial charge on any atom is 0.142 e. The number of hydrogen-bond donors (Lipinski definition) is 2. The Bertz CT molecular complexity index is 497. The van der Waals surface area contributed by atoms with E-state index in [-0.39, 0.29) is 0 Å². The minimum Gasteiger partial charge on any atom is -0.495 e. The van der Waals surface area contributed by atoms with Crippen molar-refractivity contribution < 1.29 is 4.74 Å². The molecule has 2 aliphatic rings. The van der Waals surface area contributed by atoms with E-state index in [9.17, 15) is 0 Å². The summed E-state index contributed by atoms with van der Waals surface area (Å²) in [6.45, 7) is 1.84. The van der Waals surface area contributed by atoms with Crippen LogP contribution < -0.4 is 15.4 Å². The Balaban J connectivity index is 1.44. The van der Waals surface area contributed by atoms with Crippen LogP contribution >= 0.6 is 11.6 Å². The number of nitrogens with zero attached hydrogens (tertiary/aromatic N) is 1. The van der Waals surface area contributed by atoms with Gasteiger partial charge in [0.25, 0.3) is 0 Å². The van der Waals surface area contributed by atoms with Gasteiger partial charge in [0.05, 0.1) is 12.8 Å². The molecular formula is C17H26ClN3O. The molecule has 4 nitrogen and oxygen atoms in total. The average Bonchev–Trinajstić information content (AvgIpc) is 2.74. The standard InChI is InChI=1S/C17H26ClN3O/c1-21-14-4-5-15(21)11-13(10-14)19-7-8-20-16-9-12(18)3-6-17(16)22-2/h3,6,9,13-15,19-20H,4-5,7-8,10-11H2,1-2H3/t13?,14-,15+. The van der Waals surface area contributed by atoms with Gasteiger partial charge in [0.15, 0.2) is 0 Å². The van der Waals surface area contributed by atoms with Gasteiger partial charge < -0.3 is 20.3 Å². The second-order valence-electron chi connectivity index (χ2n) is 6.44. The number of ether oxygens (including phenoxy) is 1. The normalized spacial score (nSPS) is 27.9. The van der Waals surface area contributed by atoms with Gasteiger partial charge in [-0.05, 0) is 50.9 Å². The molecule has 0 amide bonds. The number of nitrogens with one attached hydrogen (secondary N) is 2. The summed E-state index contributed by atoms with van der Waals surface area (Å²) in [5.41, 5.74) is 0.959. The number of piperidine rings is 1. The Kier molecular flexibility index (Phi) is 5.11. The zero-order valence-electron chi connectivity index (χ0n) is 13.4. The van der Waals surface area contributed by atoms with Crippen LogP contribution in [0.3, 0.4) is 0 Å². The number of anilines is 1. The fourth-order valence-corrected chi connectivity index (χ4v) is 4.04. The maximum atomic E-state index is 6.05. The number of fused-ring (bicyclic) bond motifs is 2. The number of rotatable bonds is 6. The molecule has 22 heavy (non-hydrogen) atoms. The van der Waals surface area contributed by atoms with E-state index in [0.717, 1.165) is 41.6 Å². The van der Waals surface area contributed by atoms with Crippen LogP contribution in [0.2, 0.25) is 5.02 Å². The molecule has 1 aromatic carbocycles. The van der Waals surface area contributed by atoms with E-state index in [2.05, 4.69) is 22.6 Å². The third-order valence-electron chi connectivity index (χ3n) is 5.13. The van der Waals surface area contributed by atoms with Crippen molar-refractivity contribution >= 4 is 17.3 Å². The first-order valence-electron chi connectivity index (χ1n) is 8.20. The lowest BCUT2D eigenvalue weighted by Gasteiger charge is -2.36. The van der Waals surface area contributed by atoms with E-state index < -0.39 is 0 Å². The van der Waals surface area contributed by atoms with E-state index in [4.69, 9.17) is 16.3 Å². The largest absolute Gasteiger partial charge is 0.495 e. The molecule has 2 saturated heterocycles. The Hall–Kier alpha value is -0.970. The van der Waals surface area contributed by atoms with Crippen LogP contribution in [0.4, 0.5) is 5.69 Å². The molecule has 2 bridgehead atoms. The van der Waals surface area contributed by atoms with Crippen molar-refractivity contribution in [3.05, 3.63) is 23.2 Å². The molecule has 3 atom stereocenters. The molecule has 0 aliphatic carbocycles. The highest BCUT2D eigenvalue weighted by atomic mass is 35.5. The number of halogens is 1. The maximum absolute atomic E-state index is 6.05. The van der Waals surface area contributed by atoms with Crippen molar-refractivity contribution in [2.45, 2.75) is 43.8 Å². The Morgan fingerprint density at radius 3 is 2.64 bits per heavy atom. The third-order valence-corrected chi connectivity index (χ3v) is 5.37. The van der Waals surface area contributed by atoms with Gasteiger partial charge in [0, 0.05) is 36.2 Å². The fraction of sp³-hybridized carbons (Fsp3) is 0.647. The van der Waals surface area contributed by atoms with Crippen LogP contribution in [0.15, 0.2) is 18.2 Å². The molecule has 1 aromatic rings. The molecular weight excluding hydrogens is 298 g/mol. The summed E-state index contributed by atoms with van der Waals surface area (Å²) in [7, 11) is 3.96. The third kappa shape index (κ3) is 3.50. The first-order valence-corrected chi connectivity index (χ1v) is 8.58. The molecule has 1 unspecified atom stereocenters. The minimum atomic E-state index is 0.664. The Morgan fingerprint density at radius 2 is 1.95 bits per heavy atom. The molecule has 0 aromatic heterocycles. The molecule has 2 heterocycles. The molecule has 0 radical (unpaired) electrons. The van der Waals surface area contributed by atoms with Crippen LogP contribution in [0.5, 0.6) is 5.75 Å². The first-order chi connectivity index (χ1) is 10.7. The van der Waals surface area contributed by atoms with Gasteiger partial charge in [0.1, 0.15) is 5.75 Å². The monoisotopic (exact) mass is 323 g/mol. The summed E-state index contributed by atoms with van der Waals surface area (Å²) in [6.07, 6.45) is 5.32. The predicted molar refractivity (Wildman–Crippen MR) is 92.1 cm³/mol. The molecule has 2 aliphatic heterocycles. The molecule has 5 heteroatoms. The van der Waals surface area contributed by atoms with Crippen LogP contribution in [0.1, 0.15) is 25.7 Å². The van der Waals surface area contributed by atoms with Gasteiger partial charge in [-0.2, -0.15) is 0 Å². The lowest BCUT2D eigenvalue weighted by Crippen LogP contribution is -2.48. The molecule has 0 saturated carbocycles. The Morgan fingerprint density at radius 1 is 1.23 bits per heavy atom. The van der Waals surface area contributed by atoms with Crippen LogP contribution in [0, 0.1) is 0 Å². The van der Waals surface area contributed by atoms with E-state index in [1.165, 1.54) is 25.7 Å². The van der Waals surface area contributed by atoms with E-state index in [0.29, 0.717) is 6.04 Å². The average molecular weight is 324 g/mol. The van der Waals surface area contributed by atoms with Crippen molar-refractivity contribution in [3.63, 3.8) is 0 Å². The topological polar surface area (TPSA) is 36.5 Å². The summed E-state index contributed by atoms with van der Waals surface area (Å²) in [5.74, 6) is 0.835. The highest BCUT2D eigenvalue weighted by Gasteiger charge is 2.37. The summed E-state index contributed by atoms with van der Waals surface area (Å²) in [5, 5.41) is 7.84. The summed E-state index contributed by atoms with van der Waals surface area (Å²) >= 11 is 6.05. The second kappa shape index (κ2) is 7.07. The summed E-state index contributed by atoms with van der Waals surface area (Å²) in [4.78, 5) is 2.58. The second-order valence-corrected chi connectivity index (χ2v) is 6.88. The SMILES string of the molecule is COc1ccc(Cl)cc1NCCNC1C[C@H]2CC[C@@H](C1)N2C. The van der Waals surface area contributed by atoms with Gasteiger partial charge >= 0.3 is 0 Å². The lowest BCUT2D eigenvalue weighted by atomic mass is 9.98. The zero-order valence-corrected chi connectivity index (χ0v) is 14.2. The van der Waals surface area contributed by atoms with Gasteiger partial charge in [-0.15, -0.1) is 0 Å². The van der Waals surface area contributed by atoms with Gasteiger partial charge in [-0.25, -0.2) is 0 Å². The highest BCUT2D eigenvalue weighted by Crippen LogP contribution is 2.34. The molecule has 2 fully saturated rings. The summed E-state index contributed by atoms with van der Waals surface area (Å²) in [6, 6.07) is 7.90. The predicted octanol–water partition coefficient (Wildman–Crippen LogP) is 2.98. The molecule has 0 spiro atoms. The van der Waals surface area contributed by atoms with Crippen molar-refractivity contribution in [2.24, 2.45) is 0 Å². The quantitative estimate of drug-likeness (QED) is 0.789. The van der Waals surface area contributed by atoms with Crippen molar-refractivity contribution in [1.82, 2.24) is 10.2 Å². The fourth-order valence-electron chi connectivity index (χ4n) is 3.87. The zero-order chi connectivity index (χ0) is 15.5. The Labute approximate surface area is 138 Å². The summed E-state index contributed by atoms with van der Waals surface area (Å²) < 4.78 is 5.35. The molecule has 122 valence electrons. The van der Waals surface area contributed by atoms with E-state index >= 15 is 0 Å². The smallest absolute Gasteiger partial charge is 0.142 e. The van der Waals surface area contributed by atoms with Crippen molar-refractivity contribution in [2.75, 3.05) is 32.6 Å². The molecule has 3 rings (SSSR count). The number of methoxy groups -OCH3 is 1. The van der Waals surface area contributed by atoms with E-state index in [1.807, 2.05) is 18.2 Å². The van der Waals surface area contributed by atoms with Crippen molar-refractivity contribution in [3.8, 4) is 5.75 Å². The van der Waals surface area contributed by atoms with Gasteiger partial charge in [-0.3, -0.25) is 0 Å². The highest BCUT2D eigenvalue weighted by molar-refractivity contribution is 6.30. The lowest BCUT2D eigenvalue weighted by molar-refractivity contribution is 0.149.